The molecule has 2 heterocycles. The van der Waals surface area contributed by atoms with Crippen LogP contribution in [0.2, 0.25) is 0 Å². The van der Waals surface area contributed by atoms with E-state index in [1.54, 1.807) is 24.3 Å². The summed E-state index contributed by atoms with van der Waals surface area (Å²) < 4.78 is 1.02. The molecule has 1 aliphatic rings. The lowest BCUT2D eigenvalue weighted by atomic mass is 10.1. The molecule has 1 aromatic heterocycles. The van der Waals surface area contributed by atoms with Gasteiger partial charge in [0.15, 0.2) is 10.9 Å². The number of β-amino-alcohol motifs (C(OH)–C–C–N with tert-alkyl or cyclic N) is 1. The molecule has 3 rings (SSSR count). The van der Waals surface area contributed by atoms with Crippen LogP contribution in [0.4, 0.5) is 5.13 Å². The summed E-state index contributed by atoms with van der Waals surface area (Å²) in [6.45, 7) is 2.87. The summed E-state index contributed by atoms with van der Waals surface area (Å²) in [6, 6.07) is 5.57. The van der Waals surface area contributed by atoms with Crippen LogP contribution in [0, 0.1) is 0 Å². The van der Waals surface area contributed by atoms with Crippen LogP contribution in [0.5, 0.6) is 0 Å². The molecule has 0 amide bonds. The Labute approximate surface area is 103 Å². The van der Waals surface area contributed by atoms with Crippen molar-refractivity contribution in [3.8, 4) is 0 Å². The number of aromatic nitrogens is 1. The molecule has 0 radical (unpaired) electrons. The highest BCUT2D eigenvalue weighted by Gasteiger charge is 2.26. The van der Waals surface area contributed by atoms with Crippen molar-refractivity contribution < 1.29 is 9.90 Å². The van der Waals surface area contributed by atoms with E-state index in [1.807, 2.05) is 17.0 Å². The highest BCUT2D eigenvalue weighted by atomic mass is 32.1. The number of nitrogens with zero attached hydrogens (tertiary/aromatic N) is 2. The normalized spacial score (nSPS) is 16.2. The average Bonchev–Trinajstić information content (AvgIpc) is 2.66. The molecule has 1 saturated heterocycles. The quantitative estimate of drug-likeness (QED) is 0.822. The maximum absolute atomic E-state index is 11.3. The maximum Gasteiger partial charge on any atom is 0.186 e. The first kappa shape index (κ1) is 10.7. The van der Waals surface area contributed by atoms with Gasteiger partial charge in [0.2, 0.25) is 0 Å². The van der Waals surface area contributed by atoms with Gasteiger partial charge in [-0.25, -0.2) is 4.98 Å². The summed E-state index contributed by atoms with van der Waals surface area (Å²) in [5.74, 6) is 0.0706. The first-order chi connectivity index (χ1) is 8.13. The van der Waals surface area contributed by atoms with Gasteiger partial charge in [0.1, 0.15) is 0 Å². The molecule has 4 nitrogen and oxygen atoms in total. The van der Waals surface area contributed by atoms with Crippen molar-refractivity contribution in [3.05, 3.63) is 23.8 Å². The molecule has 5 heteroatoms. The molecule has 2 aromatic rings. The van der Waals surface area contributed by atoms with E-state index in [4.69, 9.17) is 0 Å². The van der Waals surface area contributed by atoms with Gasteiger partial charge >= 0.3 is 0 Å². The largest absolute Gasteiger partial charge is 0.389 e. The zero-order valence-corrected chi connectivity index (χ0v) is 10.2. The lowest BCUT2D eigenvalue weighted by molar-refractivity contribution is 0.101. The summed E-state index contributed by atoms with van der Waals surface area (Å²) in [5, 5.41) is 10.2. The van der Waals surface area contributed by atoms with Gasteiger partial charge in [0.25, 0.3) is 0 Å². The van der Waals surface area contributed by atoms with Gasteiger partial charge < -0.3 is 10.0 Å². The Morgan fingerprint density at radius 3 is 2.94 bits per heavy atom. The van der Waals surface area contributed by atoms with Gasteiger partial charge in [0, 0.05) is 18.7 Å². The number of anilines is 1. The molecular formula is C12H12N2O2S. The molecule has 0 saturated carbocycles. The lowest BCUT2D eigenvalue weighted by Gasteiger charge is -2.35. The fraction of sp³-hybridized carbons (Fsp3) is 0.333. The molecule has 0 atom stereocenters. The number of aliphatic hydroxyl groups excluding tert-OH is 1. The third-order valence-corrected chi connectivity index (χ3v) is 4.00. The van der Waals surface area contributed by atoms with Crippen LogP contribution in [0.3, 0.4) is 0 Å². The average molecular weight is 248 g/mol. The van der Waals surface area contributed by atoms with Crippen LogP contribution >= 0.6 is 11.3 Å². The minimum atomic E-state index is -0.227. The minimum absolute atomic E-state index is 0.0706. The zero-order valence-electron chi connectivity index (χ0n) is 9.38. The fourth-order valence-electron chi connectivity index (χ4n) is 1.88. The number of ketones is 1. The minimum Gasteiger partial charge on any atom is -0.389 e. The first-order valence-electron chi connectivity index (χ1n) is 5.48. The third kappa shape index (κ3) is 1.81. The summed E-state index contributed by atoms with van der Waals surface area (Å²) in [6.07, 6.45) is -0.227. The Morgan fingerprint density at radius 1 is 1.53 bits per heavy atom. The zero-order chi connectivity index (χ0) is 12.0. The number of Topliss-reactive ketones (excluding diaryl/α,β-unsaturated/α-hetero) is 1. The van der Waals surface area contributed by atoms with Crippen LogP contribution in [-0.2, 0) is 0 Å². The summed E-state index contributed by atoms with van der Waals surface area (Å²) in [5.41, 5.74) is 1.63. The van der Waals surface area contributed by atoms with Crippen molar-refractivity contribution in [2.75, 3.05) is 18.0 Å². The van der Waals surface area contributed by atoms with Gasteiger partial charge in [-0.3, -0.25) is 4.79 Å². The Balaban J connectivity index is 1.98. The van der Waals surface area contributed by atoms with Crippen LogP contribution in [0.25, 0.3) is 10.2 Å². The molecule has 0 spiro atoms. The summed E-state index contributed by atoms with van der Waals surface area (Å²) in [7, 11) is 0. The van der Waals surface area contributed by atoms with E-state index >= 15 is 0 Å². The maximum atomic E-state index is 11.3. The second-order valence-electron chi connectivity index (χ2n) is 4.29. The Kier molecular flexibility index (Phi) is 2.38. The highest BCUT2D eigenvalue weighted by Crippen LogP contribution is 2.31. The van der Waals surface area contributed by atoms with E-state index in [2.05, 4.69) is 4.98 Å². The Morgan fingerprint density at radius 2 is 2.29 bits per heavy atom. The van der Waals surface area contributed by atoms with Crippen molar-refractivity contribution in [2.24, 2.45) is 0 Å². The van der Waals surface area contributed by atoms with Crippen molar-refractivity contribution >= 4 is 32.5 Å². The van der Waals surface area contributed by atoms with Crippen LogP contribution in [-0.4, -0.2) is 35.1 Å². The molecule has 17 heavy (non-hydrogen) atoms. The molecule has 0 aliphatic carbocycles. The Bertz CT molecular complexity index is 587. The van der Waals surface area contributed by atoms with Gasteiger partial charge in [-0.15, -0.1) is 0 Å². The number of rotatable bonds is 2. The molecule has 1 aliphatic heterocycles. The number of carbonyl (C=O) groups is 1. The van der Waals surface area contributed by atoms with E-state index in [-0.39, 0.29) is 11.9 Å². The van der Waals surface area contributed by atoms with E-state index in [1.165, 1.54) is 0 Å². The number of hydrogen-bond donors (Lipinski definition) is 1. The summed E-state index contributed by atoms with van der Waals surface area (Å²) >= 11 is 1.57. The van der Waals surface area contributed by atoms with Crippen molar-refractivity contribution in [3.63, 3.8) is 0 Å². The van der Waals surface area contributed by atoms with Crippen molar-refractivity contribution in [1.29, 1.82) is 0 Å². The van der Waals surface area contributed by atoms with E-state index in [0.29, 0.717) is 13.1 Å². The second kappa shape index (κ2) is 3.78. The third-order valence-electron chi connectivity index (χ3n) is 2.92. The fourth-order valence-corrected chi connectivity index (χ4v) is 2.90. The number of fused-ring (bicyclic) bond motifs is 1. The van der Waals surface area contributed by atoms with E-state index in [9.17, 15) is 9.90 Å². The summed E-state index contributed by atoms with van der Waals surface area (Å²) in [4.78, 5) is 17.8. The number of carbonyl (C=O) groups excluding carboxylic acids is 1. The molecule has 0 unspecified atom stereocenters. The topological polar surface area (TPSA) is 53.4 Å². The van der Waals surface area contributed by atoms with Crippen LogP contribution in [0.15, 0.2) is 18.2 Å². The molecule has 0 bridgehead atoms. The smallest absolute Gasteiger partial charge is 0.186 e. The van der Waals surface area contributed by atoms with E-state index in [0.717, 1.165) is 20.9 Å². The first-order valence-corrected chi connectivity index (χ1v) is 6.29. The standard InChI is InChI=1S/C12H12N2O2S/c1-7(15)8-2-3-10-11(4-8)17-12(13-10)14-5-9(16)6-14/h2-4,9,16H,5-6H2,1H3. The predicted octanol–water partition coefficient (Wildman–Crippen LogP) is 1.68. The van der Waals surface area contributed by atoms with Gasteiger partial charge in [-0.05, 0) is 25.1 Å². The van der Waals surface area contributed by atoms with Crippen LogP contribution in [0.1, 0.15) is 17.3 Å². The molecule has 88 valence electrons. The van der Waals surface area contributed by atoms with E-state index < -0.39 is 0 Å². The second-order valence-corrected chi connectivity index (χ2v) is 5.30. The molecule has 1 N–H and O–H groups in total. The molecular weight excluding hydrogens is 236 g/mol. The Hall–Kier alpha value is -1.46. The number of thiazole rings is 1. The van der Waals surface area contributed by atoms with Gasteiger partial charge in [-0.1, -0.05) is 11.3 Å². The number of hydrogen-bond acceptors (Lipinski definition) is 5. The van der Waals surface area contributed by atoms with Crippen molar-refractivity contribution in [1.82, 2.24) is 4.98 Å². The van der Waals surface area contributed by atoms with Gasteiger partial charge in [0.05, 0.1) is 16.3 Å². The molecule has 1 aromatic carbocycles. The number of benzene rings is 1. The predicted molar refractivity (Wildman–Crippen MR) is 67.8 cm³/mol. The van der Waals surface area contributed by atoms with Gasteiger partial charge in [-0.2, -0.15) is 0 Å². The SMILES string of the molecule is CC(=O)c1ccc2nc(N3CC(O)C3)sc2c1. The monoisotopic (exact) mass is 248 g/mol. The lowest BCUT2D eigenvalue weighted by Crippen LogP contribution is -2.50. The van der Waals surface area contributed by atoms with Crippen molar-refractivity contribution in [2.45, 2.75) is 13.0 Å². The van der Waals surface area contributed by atoms with Crippen LogP contribution < -0.4 is 4.90 Å². The molecule has 1 fully saturated rings. The highest BCUT2D eigenvalue weighted by molar-refractivity contribution is 7.22. The number of aliphatic hydroxyl groups is 1.